The molecule has 0 amide bonds. The highest BCUT2D eigenvalue weighted by atomic mass is 32.1. The number of hydrogen-bond donors (Lipinski definition) is 1. The van der Waals surface area contributed by atoms with Crippen LogP contribution in [-0.2, 0) is 6.42 Å². The number of nitrogens with one attached hydrogen (secondary N) is 1. The summed E-state index contributed by atoms with van der Waals surface area (Å²) in [6.45, 7) is 1.09. The van der Waals surface area contributed by atoms with Crippen LogP contribution in [0.5, 0.6) is 5.75 Å². The van der Waals surface area contributed by atoms with E-state index >= 15 is 0 Å². The minimum atomic E-state index is 0.686. The highest BCUT2D eigenvalue weighted by Gasteiger charge is 2.29. The van der Waals surface area contributed by atoms with Crippen molar-refractivity contribution in [2.45, 2.75) is 31.2 Å². The summed E-state index contributed by atoms with van der Waals surface area (Å²) in [4.78, 5) is 1.47. The van der Waals surface area contributed by atoms with Crippen LogP contribution >= 0.6 is 11.3 Å². The average molecular weight is 287 g/mol. The van der Waals surface area contributed by atoms with Gasteiger partial charge < -0.3 is 10.1 Å². The van der Waals surface area contributed by atoms with Crippen LogP contribution in [0, 0.1) is 0 Å². The zero-order valence-electron chi connectivity index (χ0n) is 11.8. The molecule has 0 saturated heterocycles. The molecule has 0 aliphatic heterocycles. The van der Waals surface area contributed by atoms with Gasteiger partial charge in [-0.2, -0.15) is 0 Å². The SMILES string of the molecule is COc1cccc(C2CC(NCCc3cccs3)C2)c1. The first-order valence-electron chi connectivity index (χ1n) is 7.25. The molecule has 3 heteroatoms. The van der Waals surface area contributed by atoms with Gasteiger partial charge in [0.05, 0.1) is 7.11 Å². The molecule has 2 nitrogen and oxygen atoms in total. The van der Waals surface area contributed by atoms with Gasteiger partial charge in [0, 0.05) is 17.5 Å². The summed E-state index contributed by atoms with van der Waals surface area (Å²) in [5, 5.41) is 5.81. The van der Waals surface area contributed by atoms with Crippen LogP contribution in [0.4, 0.5) is 0 Å². The van der Waals surface area contributed by atoms with Crippen LogP contribution in [-0.4, -0.2) is 19.7 Å². The summed E-state index contributed by atoms with van der Waals surface area (Å²) < 4.78 is 5.29. The van der Waals surface area contributed by atoms with Crippen LogP contribution in [0.3, 0.4) is 0 Å². The molecule has 0 bridgehead atoms. The molecule has 106 valence electrons. The first-order chi connectivity index (χ1) is 9.85. The fraction of sp³-hybridized carbons (Fsp3) is 0.412. The third kappa shape index (κ3) is 3.22. The molecule has 1 aromatic heterocycles. The molecule has 1 saturated carbocycles. The van der Waals surface area contributed by atoms with Crippen LogP contribution in [0.25, 0.3) is 0 Å². The van der Waals surface area contributed by atoms with Crippen molar-refractivity contribution in [3.8, 4) is 5.75 Å². The Morgan fingerprint density at radius 2 is 2.15 bits per heavy atom. The molecule has 1 aromatic carbocycles. The van der Waals surface area contributed by atoms with E-state index in [4.69, 9.17) is 4.74 Å². The highest BCUT2D eigenvalue weighted by molar-refractivity contribution is 7.09. The minimum Gasteiger partial charge on any atom is -0.497 e. The Bertz CT molecular complexity index is 532. The van der Waals surface area contributed by atoms with Crippen LogP contribution in [0.1, 0.15) is 29.2 Å². The van der Waals surface area contributed by atoms with Gasteiger partial charge in [-0.05, 0) is 54.3 Å². The zero-order valence-corrected chi connectivity index (χ0v) is 12.7. The standard InChI is InChI=1S/C17H21NOS/c1-19-16-5-2-4-13(12-16)14-10-15(11-14)18-8-7-17-6-3-9-20-17/h2-6,9,12,14-15,18H,7-8,10-11H2,1H3. The second-order valence-corrected chi connectivity index (χ2v) is 6.46. The van der Waals surface area contributed by atoms with Crippen LogP contribution < -0.4 is 10.1 Å². The molecule has 0 spiro atoms. The van der Waals surface area contributed by atoms with E-state index in [0.29, 0.717) is 12.0 Å². The Hall–Kier alpha value is -1.32. The lowest BCUT2D eigenvalue weighted by molar-refractivity contribution is 0.292. The van der Waals surface area contributed by atoms with Gasteiger partial charge in [-0.25, -0.2) is 0 Å². The topological polar surface area (TPSA) is 21.3 Å². The van der Waals surface area contributed by atoms with Crippen molar-refractivity contribution in [3.05, 3.63) is 52.2 Å². The molecule has 0 atom stereocenters. The van der Waals surface area contributed by atoms with Crippen molar-refractivity contribution in [1.29, 1.82) is 0 Å². The van der Waals surface area contributed by atoms with E-state index in [1.807, 2.05) is 17.4 Å². The molecular formula is C17H21NOS. The molecule has 0 unspecified atom stereocenters. The van der Waals surface area contributed by atoms with Gasteiger partial charge in [-0.15, -0.1) is 11.3 Å². The fourth-order valence-electron chi connectivity index (χ4n) is 2.81. The summed E-state index contributed by atoms with van der Waals surface area (Å²) in [5.74, 6) is 1.67. The lowest BCUT2D eigenvalue weighted by Gasteiger charge is -2.36. The Balaban J connectivity index is 1.42. The summed E-state index contributed by atoms with van der Waals surface area (Å²) in [6.07, 6.45) is 3.65. The number of methoxy groups -OCH3 is 1. The van der Waals surface area contributed by atoms with E-state index in [1.54, 1.807) is 7.11 Å². The average Bonchev–Trinajstić information content (AvgIpc) is 2.94. The van der Waals surface area contributed by atoms with Gasteiger partial charge in [0.15, 0.2) is 0 Å². The van der Waals surface area contributed by atoms with E-state index in [-0.39, 0.29) is 0 Å². The molecule has 1 N–H and O–H groups in total. The normalized spacial score (nSPS) is 21.4. The summed E-state index contributed by atoms with van der Waals surface area (Å²) in [7, 11) is 1.73. The van der Waals surface area contributed by atoms with Crippen molar-refractivity contribution >= 4 is 11.3 Å². The quantitative estimate of drug-likeness (QED) is 0.871. The molecule has 3 rings (SSSR count). The van der Waals surface area contributed by atoms with E-state index in [1.165, 1.54) is 23.3 Å². The predicted molar refractivity (Wildman–Crippen MR) is 84.8 cm³/mol. The molecule has 1 aliphatic carbocycles. The van der Waals surface area contributed by atoms with Crippen LogP contribution in [0.2, 0.25) is 0 Å². The number of ether oxygens (including phenoxy) is 1. The molecular weight excluding hydrogens is 266 g/mol. The number of rotatable bonds is 6. The first kappa shape index (κ1) is 13.7. The summed E-state index contributed by atoms with van der Waals surface area (Å²) >= 11 is 1.85. The fourth-order valence-corrected chi connectivity index (χ4v) is 3.52. The lowest BCUT2D eigenvalue weighted by atomic mass is 9.76. The van der Waals surface area contributed by atoms with Crippen molar-refractivity contribution in [3.63, 3.8) is 0 Å². The molecule has 1 aliphatic rings. The zero-order chi connectivity index (χ0) is 13.8. The van der Waals surface area contributed by atoms with Gasteiger partial charge in [0.25, 0.3) is 0 Å². The summed E-state index contributed by atoms with van der Waals surface area (Å²) in [5.41, 5.74) is 1.42. The second kappa shape index (κ2) is 6.42. The largest absolute Gasteiger partial charge is 0.497 e. The third-order valence-electron chi connectivity index (χ3n) is 4.09. The Morgan fingerprint density at radius 1 is 1.25 bits per heavy atom. The smallest absolute Gasteiger partial charge is 0.119 e. The number of thiophene rings is 1. The molecule has 0 radical (unpaired) electrons. The molecule has 20 heavy (non-hydrogen) atoms. The van der Waals surface area contributed by atoms with Crippen molar-refractivity contribution in [1.82, 2.24) is 5.32 Å². The first-order valence-corrected chi connectivity index (χ1v) is 8.13. The van der Waals surface area contributed by atoms with E-state index < -0.39 is 0 Å². The van der Waals surface area contributed by atoms with E-state index in [9.17, 15) is 0 Å². The lowest BCUT2D eigenvalue weighted by Crippen LogP contribution is -2.40. The summed E-state index contributed by atoms with van der Waals surface area (Å²) in [6, 6.07) is 13.5. The maximum absolute atomic E-state index is 5.29. The maximum atomic E-state index is 5.29. The maximum Gasteiger partial charge on any atom is 0.119 e. The van der Waals surface area contributed by atoms with Gasteiger partial charge in [-0.3, -0.25) is 0 Å². The van der Waals surface area contributed by atoms with Crippen molar-refractivity contribution in [2.75, 3.05) is 13.7 Å². The van der Waals surface area contributed by atoms with Gasteiger partial charge >= 0.3 is 0 Å². The highest BCUT2D eigenvalue weighted by Crippen LogP contribution is 2.37. The Kier molecular flexibility index (Phi) is 4.38. The molecule has 1 heterocycles. The number of benzene rings is 1. The van der Waals surface area contributed by atoms with Crippen molar-refractivity contribution < 1.29 is 4.74 Å². The van der Waals surface area contributed by atoms with E-state index in [2.05, 4.69) is 41.0 Å². The Labute approximate surface area is 124 Å². The van der Waals surface area contributed by atoms with Crippen LogP contribution in [0.15, 0.2) is 41.8 Å². The van der Waals surface area contributed by atoms with Gasteiger partial charge in [0.2, 0.25) is 0 Å². The molecule has 2 aromatic rings. The van der Waals surface area contributed by atoms with E-state index in [0.717, 1.165) is 18.7 Å². The molecule has 1 fully saturated rings. The van der Waals surface area contributed by atoms with Gasteiger partial charge in [-0.1, -0.05) is 18.2 Å². The monoisotopic (exact) mass is 287 g/mol. The van der Waals surface area contributed by atoms with Crippen molar-refractivity contribution in [2.24, 2.45) is 0 Å². The minimum absolute atomic E-state index is 0.686. The van der Waals surface area contributed by atoms with Gasteiger partial charge in [0.1, 0.15) is 5.75 Å². The third-order valence-corrected chi connectivity index (χ3v) is 5.02. The predicted octanol–water partition coefficient (Wildman–Crippen LogP) is 3.84. The number of hydrogen-bond acceptors (Lipinski definition) is 3. The second-order valence-electron chi connectivity index (χ2n) is 5.43. The Morgan fingerprint density at radius 3 is 2.90 bits per heavy atom.